The molecule has 2 aliphatic rings. The lowest BCUT2D eigenvalue weighted by molar-refractivity contribution is 0.260. The molecule has 0 amide bonds. The van der Waals surface area contributed by atoms with Crippen LogP contribution in [0.1, 0.15) is 22.7 Å². The van der Waals surface area contributed by atoms with Gasteiger partial charge in [-0.25, -0.2) is 4.98 Å². The van der Waals surface area contributed by atoms with Gasteiger partial charge in [0, 0.05) is 37.9 Å². The van der Waals surface area contributed by atoms with E-state index in [2.05, 4.69) is 144 Å². The average Bonchev–Trinajstić information content (AvgIpc) is 3.80. The van der Waals surface area contributed by atoms with Crippen molar-refractivity contribution in [3.05, 3.63) is 163 Å². The third-order valence-corrected chi connectivity index (χ3v) is 10.8. The van der Waals surface area contributed by atoms with Crippen LogP contribution in [0.3, 0.4) is 0 Å². The van der Waals surface area contributed by atoms with Gasteiger partial charge in [-0.05, 0) is 69.9 Å². The van der Waals surface area contributed by atoms with Crippen molar-refractivity contribution in [1.82, 2.24) is 4.98 Å². The third kappa shape index (κ3) is 4.50. The van der Waals surface area contributed by atoms with E-state index in [-0.39, 0.29) is 11.6 Å². The summed E-state index contributed by atoms with van der Waals surface area (Å²) in [6, 6.07) is 53.8. The van der Waals surface area contributed by atoms with E-state index in [9.17, 15) is 0 Å². The van der Waals surface area contributed by atoms with E-state index in [1.807, 2.05) is 30.0 Å². The fourth-order valence-corrected chi connectivity index (χ4v) is 8.25. The van der Waals surface area contributed by atoms with Crippen molar-refractivity contribution in [2.75, 3.05) is 10.6 Å². The number of hydrogen-bond donors (Lipinski definition) is 2. The molecule has 2 N–H and O–H groups in total. The quantitative estimate of drug-likeness (QED) is 0.188. The molecule has 0 aliphatic carbocycles. The van der Waals surface area contributed by atoms with Crippen LogP contribution in [0.2, 0.25) is 0 Å². The first-order valence-electron chi connectivity index (χ1n) is 16.3. The van der Waals surface area contributed by atoms with E-state index >= 15 is 0 Å². The van der Waals surface area contributed by atoms with Gasteiger partial charge in [0.2, 0.25) is 0 Å². The zero-order valence-electron chi connectivity index (χ0n) is 25.9. The summed E-state index contributed by atoms with van der Waals surface area (Å²) in [5.41, 5.74) is 10.0. The van der Waals surface area contributed by atoms with Gasteiger partial charge < -0.3 is 15.4 Å². The van der Waals surface area contributed by atoms with E-state index < -0.39 is 0 Å². The van der Waals surface area contributed by atoms with Crippen LogP contribution < -0.4 is 15.4 Å². The Morgan fingerprint density at radius 2 is 1.31 bits per heavy atom. The van der Waals surface area contributed by atoms with E-state index in [0.717, 1.165) is 49.9 Å². The predicted molar refractivity (Wildman–Crippen MR) is 200 cm³/mol. The fraction of sp³-hybridized carbons (Fsp3) is 0.0465. The summed E-state index contributed by atoms with van der Waals surface area (Å²) < 4.78 is 6.40. The van der Waals surface area contributed by atoms with Gasteiger partial charge in [0.1, 0.15) is 11.1 Å². The first-order chi connectivity index (χ1) is 23.7. The molecule has 0 saturated heterocycles. The number of benzene rings is 7. The summed E-state index contributed by atoms with van der Waals surface area (Å²) in [7, 11) is 0. The summed E-state index contributed by atoms with van der Waals surface area (Å²) >= 11 is 1.88. The van der Waals surface area contributed by atoms with Crippen molar-refractivity contribution in [2.45, 2.75) is 16.5 Å². The molecule has 0 saturated carbocycles. The molecule has 4 nitrogen and oxygen atoms in total. The monoisotopic (exact) mass is 635 g/mol. The Labute approximate surface area is 282 Å². The highest BCUT2D eigenvalue weighted by Gasteiger charge is 2.27. The van der Waals surface area contributed by atoms with Crippen LogP contribution in [0, 0.1) is 0 Å². The molecule has 48 heavy (non-hydrogen) atoms. The van der Waals surface area contributed by atoms with Crippen molar-refractivity contribution in [3.63, 3.8) is 0 Å². The Morgan fingerprint density at radius 3 is 2.21 bits per heavy atom. The topological polar surface area (TPSA) is 46.2 Å². The summed E-state index contributed by atoms with van der Waals surface area (Å²) in [4.78, 5) is 6.50. The summed E-state index contributed by atoms with van der Waals surface area (Å²) in [6.45, 7) is 0. The molecule has 1 aromatic heterocycles. The summed E-state index contributed by atoms with van der Waals surface area (Å²) in [6.07, 6.45) is -0.231. The highest BCUT2D eigenvalue weighted by atomic mass is 32.2. The van der Waals surface area contributed by atoms with Crippen molar-refractivity contribution in [2.24, 2.45) is 0 Å². The molecular formula is C43H29N3OS. The van der Waals surface area contributed by atoms with Crippen molar-refractivity contribution in [3.8, 4) is 28.1 Å². The Bertz CT molecular complexity index is 2510. The van der Waals surface area contributed by atoms with Gasteiger partial charge in [0.05, 0.1) is 16.9 Å². The van der Waals surface area contributed by atoms with E-state index in [1.165, 1.54) is 38.0 Å². The minimum Gasteiger partial charge on any atom is -0.464 e. The maximum absolute atomic E-state index is 6.40. The molecule has 8 aromatic rings. The van der Waals surface area contributed by atoms with Gasteiger partial charge in [0.15, 0.2) is 6.23 Å². The number of fused-ring (bicyclic) bond motifs is 7. The van der Waals surface area contributed by atoms with Crippen LogP contribution in [0.25, 0.3) is 54.8 Å². The predicted octanol–water partition coefficient (Wildman–Crippen LogP) is 11.6. The SMILES string of the molecule is c1ccc(C2Nc3c(ccc4c(-c5ccc(-c6ccc7cc(C8Nc9ccccc9S8)ccc7c6)cc5)nc5ccccc5c34)O2)cc1. The Morgan fingerprint density at radius 1 is 0.562 bits per heavy atom. The number of aromatic nitrogens is 1. The summed E-state index contributed by atoms with van der Waals surface area (Å²) in [5.74, 6) is 0.862. The third-order valence-electron chi connectivity index (χ3n) is 9.53. The van der Waals surface area contributed by atoms with Gasteiger partial charge >= 0.3 is 0 Å². The molecule has 5 heteroatoms. The number of nitrogens with one attached hydrogen (secondary N) is 2. The number of hydrogen-bond acceptors (Lipinski definition) is 5. The lowest BCUT2D eigenvalue weighted by Gasteiger charge is -2.14. The molecule has 2 atom stereocenters. The molecule has 3 heterocycles. The molecule has 0 spiro atoms. The lowest BCUT2D eigenvalue weighted by Crippen LogP contribution is -2.09. The second-order valence-electron chi connectivity index (χ2n) is 12.4. The van der Waals surface area contributed by atoms with Crippen LogP contribution in [-0.2, 0) is 0 Å². The first-order valence-corrected chi connectivity index (χ1v) is 17.1. The van der Waals surface area contributed by atoms with Crippen molar-refractivity contribution < 1.29 is 4.74 Å². The minimum atomic E-state index is -0.231. The number of pyridine rings is 1. The van der Waals surface area contributed by atoms with Gasteiger partial charge in [-0.15, -0.1) is 0 Å². The lowest BCUT2D eigenvalue weighted by atomic mass is 9.96. The Hall–Kier alpha value is -5.78. The first kappa shape index (κ1) is 27.3. The second kappa shape index (κ2) is 10.9. The molecule has 0 fully saturated rings. The zero-order chi connectivity index (χ0) is 31.6. The summed E-state index contributed by atoms with van der Waals surface area (Å²) in [5, 5.41) is 13.4. The largest absolute Gasteiger partial charge is 0.464 e. The number of nitrogens with zero attached hydrogens (tertiary/aromatic N) is 1. The molecule has 0 bridgehead atoms. The van der Waals surface area contributed by atoms with E-state index in [4.69, 9.17) is 9.72 Å². The van der Waals surface area contributed by atoms with Gasteiger partial charge in [-0.2, -0.15) is 0 Å². The fourth-order valence-electron chi connectivity index (χ4n) is 7.12. The van der Waals surface area contributed by atoms with Crippen LogP contribution in [0.5, 0.6) is 5.75 Å². The molecule has 228 valence electrons. The molecule has 0 radical (unpaired) electrons. The number of anilines is 2. The molecule has 2 unspecified atom stereocenters. The zero-order valence-corrected chi connectivity index (χ0v) is 26.7. The highest BCUT2D eigenvalue weighted by Crippen LogP contribution is 2.48. The molecular weight excluding hydrogens is 607 g/mol. The van der Waals surface area contributed by atoms with Gasteiger partial charge in [-0.3, -0.25) is 0 Å². The smallest absolute Gasteiger partial charge is 0.196 e. The molecule has 10 rings (SSSR count). The van der Waals surface area contributed by atoms with E-state index in [1.54, 1.807) is 0 Å². The highest BCUT2D eigenvalue weighted by molar-refractivity contribution is 8.00. The average molecular weight is 636 g/mol. The number of ether oxygens (including phenoxy) is 1. The van der Waals surface area contributed by atoms with Crippen LogP contribution in [0.15, 0.2) is 157 Å². The van der Waals surface area contributed by atoms with Crippen molar-refractivity contribution >= 4 is 55.6 Å². The normalized spacial score (nSPS) is 16.3. The van der Waals surface area contributed by atoms with Gasteiger partial charge in [-0.1, -0.05) is 121 Å². The second-order valence-corrected chi connectivity index (χ2v) is 13.6. The number of rotatable bonds is 4. The maximum atomic E-state index is 6.40. The van der Waals surface area contributed by atoms with E-state index in [0.29, 0.717) is 0 Å². The standard InChI is InChI=1S/C43H29N3OS/c1-2-8-28(9-3-1)42-46-41-37(47-42)23-22-34-39(41)33-10-4-5-11-35(33)44-40(34)27-16-14-26(15-17-27)29-18-19-31-25-32(21-20-30(31)24-29)43-45-36-12-6-7-13-38(36)48-43/h1-25,42-43,45-46H. The van der Waals surface area contributed by atoms with Crippen LogP contribution in [-0.4, -0.2) is 4.98 Å². The van der Waals surface area contributed by atoms with Crippen molar-refractivity contribution in [1.29, 1.82) is 0 Å². The minimum absolute atomic E-state index is 0.230. The molecule has 2 aliphatic heterocycles. The Balaban J connectivity index is 0.988. The molecule has 7 aromatic carbocycles. The Kier molecular flexibility index (Phi) is 6.21. The number of para-hydroxylation sites is 2. The van der Waals surface area contributed by atoms with Crippen LogP contribution >= 0.6 is 11.8 Å². The number of thioether (sulfide) groups is 1. The van der Waals surface area contributed by atoms with Crippen LogP contribution in [0.4, 0.5) is 11.4 Å². The van der Waals surface area contributed by atoms with Gasteiger partial charge in [0.25, 0.3) is 0 Å². The maximum Gasteiger partial charge on any atom is 0.196 e.